The van der Waals surface area contributed by atoms with Gasteiger partial charge in [-0.2, -0.15) is 0 Å². The highest BCUT2D eigenvalue weighted by molar-refractivity contribution is 5.91. The number of rotatable bonds is 14. The Morgan fingerprint density at radius 1 is 0.754 bits per heavy atom. The lowest BCUT2D eigenvalue weighted by Gasteiger charge is -2.46. The molecule has 3 aliphatic heterocycles. The van der Waals surface area contributed by atoms with Gasteiger partial charge in [-0.1, -0.05) is 11.6 Å². The lowest BCUT2D eigenvalue weighted by atomic mass is 9.97. The Morgan fingerprint density at radius 2 is 1.37 bits per heavy atom. The van der Waals surface area contributed by atoms with Crippen molar-refractivity contribution in [2.75, 3.05) is 20.3 Å². The number of allylic oxidation sites excluding steroid dienone is 2. The number of phenolic OH excluding ortho intramolecular Hbond substituents is 1. The fourth-order valence-electron chi connectivity index (χ4n) is 7.53. The third-order valence-corrected chi connectivity index (χ3v) is 11.0. The molecule has 0 amide bonds. The van der Waals surface area contributed by atoms with E-state index >= 15 is 0 Å². The van der Waals surface area contributed by atoms with Gasteiger partial charge in [-0.05, 0) is 51.5 Å². The van der Waals surface area contributed by atoms with E-state index in [1.165, 1.54) is 26.2 Å². The summed E-state index contributed by atoms with van der Waals surface area (Å²) < 4.78 is 57.5. The molecular weight excluding hydrogens is 868 g/mol. The predicted octanol–water partition coefficient (Wildman–Crippen LogP) is -0.966. The van der Waals surface area contributed by atoms with Gasteiger partial charge in [-0.3, -0.25) is 14.4 Å². The molecule has 65 heavy (non-hydrogen) atoms. The minimum absolute atomic E-state index is 0.0157. The molecule has 3 aliphatic rings. The van der Waals surface area contributed by atoms with Crippen molar-refractivity contribution in [3.8, 4) is 34.3 Å². The van der Waals surface area contributed by atoms with Crippen molar-refractivity contribution < 1.29 is 103 Å². The van der Waals surface area contributed by atoms with Crippen molar-refractivity contribution in [2.24, 2.45) is 0 Å². The maximum absolute atomic E-state index is 14.8. The van der Waals surface area contributed by atoms with E-state index < -0.39 is 140 Å². The van der Waals surface area contributed by atoms with E-state index in [-0.39, 0.29) is 34.6 Å². The normalized spacial score (nSPS) is 32.6. The standard InChI is InChI=1S/C43H54O22/c1-16(2)7-12-22-24(60-41-33(53)31(51)28(48)25(14-44)61-41)13-23(47)27-30(50)39(37(63-38(22)27)20-8-10-21(56-6)11-9-20)64-43-35(55)40(36(17(3)58-43)59-19(5)46)65-42-34(54)32(52)29(49)26(62-42)15-57-18(4)45/h7-11,13,17,25-26,28-29,31-36,40-44,47-49,51-55H,12,14-15H2,1-6H3/t17-,25+,26+,28+,29+,31-,32-,33+,34+,35-,36-,40+,41+,42-,43-/m0/s1. The number of aliphatic hydroxyl groups excluding tert-OH is 8. The monoisotopic (exact) mass is 922 g/mol. The first-order valence-electron chi connectivity index (χ1n) is 20.5. The molecule has 3 saturated heterocycles. The highest BCUT2D eigenvalue weighted by atomic mass is 16.7. The summed E-state index contributed by atoms with van der Waals surface area (Å²) in [5.74, 6) is -3.00. The molecule has 0 radical (unpaired) electrons. The number of hydrogen-bond acceptors (Lipinski definition) is 22. The number of carbonyl (C=O) groups is 2. The Kier molecular flexibility index (Phi) is 15.8. The first-order valence-corrected chi connectivity index (χ1v) is 20.5. The van der Waals surface area contributed by atoms with Crippen LogP contribution in [0.25, 0.3) is 22.3 Å². The molecular formula is C43H54O22. The van der Waals surface area contributed by atoms with Crippen molar-refractivity contribution in [3.63, 3.8) is 0 Å². The predicted molar refractivity (Wildman–Crippen MR) is 218 cm³/mol. The van der Waals surface area contributed by atoms with Crippen LogP contribution >= 0.6 is 0 Å². The number of methoxy groups -OCH3 is 1. The third-order valence-electron chi connectivity index (χ3n) is 11.0. The van der Waals surface area contributed by atoms with Crippen molar-refractivity contribution in [3.05, 3.63) is 57.8 Å². The van der Waals surface area contributed by atoms with Gasteiger partial charge in [0.15, 0.2) is 18.2 Å². The zero-order chi connectivity index (χ0) is 47.6. The van der Waals surface area contributed by atoms with Crippen molar-refractivity contribution in [1.29, 1.82) is 0 Å². The summed E-state index contributed by atoms with van der Waals surface area (Å²) in [5.41, 5.74) is -0.123. The van der Waals surface area contributed by atoms with Crippen LogP contribution in [-0.2, 0) is 44.4 Å². The van der Waals surface area contributed by atoms with Crippen molar-refractivity contribution in [2.45, 2.75) is 133 Å². The molecule has 9 N–H and O–H groups in total. The second-order valence-corrected chi connectivity index (χ2v) is 16.0. The van der Waals surface area contributed by atoms with Crippen LogP contribution in [0.1, 0.15) is 40.2 Å². The Labute approximate surface area is 370 Å². The highest BCUT2D eigenvalue weighted by Crippen LogP contribution is 2.42. The van der Waals surface area contributed by atoms with Crippen LogP contribution < -0.4 is 19.6 Å². The van der Waals surface area contributed by atoms with Gasteiger partial charge < -0.3 is 93.0 Å². The minimum atomic E-state index is -2.02. The van der Waals surface area contributed by atoms with Crippen LogP contribution in [0.3, 0.4) is 0 Å². The van der Waals surface area contributed by atoms with Crippen molar-refractivity contribution >= 4 is 22.9 Å². The van der Waals surface area contributed by atoms with Gasteiger partial charge in [0, 0.05) is 31.0 Å². The van der Waals surface area contributed by atoms with Gasteiger partial charge in [0.1, 0.15) is 95.9 Å². The summed E-state index contributed by atoms with van der Waals surface area (Å²) >= 11 is 0. The maximum atomic E-state index is 14.8. The summed E-state index contributed by atoms with van der Waals surface area (Å²) in [7, 11) is 1.43. The summed E-state index contributed by atoms with van der Waals surface area (Å²) in [4.78, 5) is 38.7. The molecule has 0 unspecified atom stereocenters. The molecule has 0 saturated carbocycles. The largest absolute Gasteiger partial charge is 0.507 e. The number of hydrogen-bond donors (Lipinski definition) is 9. The van der Waals surface area contributed by atoms with Crippen LogP contribution in [0, 0.1) is 0 Å². The van der Waals surface area contributed by atoms with Gasteiger partial charge in [0.25, 0.3) is 0 Å². The van der Waals surface area contributed by atoms with Crippen LogP contribution in [0.4, 0.5) is 0 Å². The zero-order valence-electron chi connectivity index (χ0n) is 36.1. The average Bonchev–Trinajstić information content (AvgIpc) is 3.26. The molecule has 0 spiro atoms. The first-order chi connectivity index (χ1) is 30.7. The smallest absolute Gasteiger partial charge is 0.303 e. The lowest BCUT2D eigenvalue weighted by Crippen LogP contribution is -2.65. The number of aliphatic hydroxyl groups is 8. The molecule has 22 nitrogen and oxygen atoms in total. The van der Waals surface area contributed by atoms with E-state index in [1.807, 2.05) is 0 Å². The fourth-order valence-corrected chi connectivity index (χ4v) is 7.53. The average molecular weight is 923 g/mol. The summed E-state index contributed by atoms with van der Waals surface area (Å²) in [5, 5.41) is 96.5. The summed E-state index contributed by atoms with van der Waals surface area (Å²) in [6.07, 6.45) is -23.8. The zero-order valence-corrected chi connectivity index (χ0v) is 36.1. The molecule has 2 aromatic carbocycles. The number of ether oxygens (including phenoxy) is 9. The number of fused-ring (bicyclic) bond motifs is 1. The van der Waals surface area contributed by atoms with Gasteiger partial charge in [0.2, 0.25) is 23.8 Å². The van der Waals surface area contributed by atoms with Crippen molar-refractivity contribution in [1.82, 2.24) is 0 Å². The second-order valence-electron chi connectivity index (χ2n) is 16.0. The SMILES string of the molecule is COc1ccc(-c2oc3c(CC=C(C)C)c(O[C@@H]4O[C@H](CO)[C@@H](O)[C@H](O)[C@H]4O)cc(O)c3c(=O)c2O[C@@H]2O[C@@H](C)[C@H](OC(C)=O)[C@H](O[C@@H]3O[C@H](COC(C)=O)[C@@H](O)[C@H](O)[C@H]3O)[C@@H]2O)cc1. The molecule has 6 rings (SSSR count). The molecule has 3 fully saturated rings. The lowest BCUT2D eigenvalue weighted by molar-refractivity contribution is -0.351. The third kappa shape index (κ3) is 10.5. The topological polar surface area (TPSA) is 329 Å². The Bertz CT molecular complexity index is 2240. The molecule has 4 heterocycles. The van der Waals surface area contributed by atoms with Gasteiger partial charge in [-0.25, -0.2) is 0 Å². The van der Waals surface area contributed by atoms with Gasteiger partial charge >= 0.3 is 11.9 Å². The Balaban J connectivity index is 1.46. The number of carbonyl (C=O) groups excluding carboxylic acids is 2. The fraction of sp³-hybridized carbons (Fsp3) is 0.558. The number of esters is 2. The Morgan fingerprint density at radius 3 is 1.97 bits per heavy atom. The highest BCUT2D eigenvalue weighted by Gasteiger charge is 2.53. The molecule has 0 aliphatic carbocycles. The molecule has 0 bridgehead atoms. The van der Waals surface area contributed by atoms with Crippen LogP contribution in [0.5, 0.6) is 23.0 Å². The number of benzene rings is 2. The van der Waals surface area contributed by atoms with E-state index in [9.17, 15) is 60.3 Å². The van der Waals surface area contributed by atoms with Crippen LogP contribution in [0.15, 0.2) is 51.2 Å². The minimum Gasteiger partial charge on any atom is -0.507 e. The number of phenols is 1. The summed E-state index contributed by atoms with van der Waals surface area (Å²) in [6, 6.07) is 7.14. The number of aromatic hydroxyl groups is 1. The molecule has 15 atom stereocenters. The Hall–Kier alpha value is -4.95. The van der Waals surface area contributed by atoms with E-state index in [0.29, 0.717) is 5.75 Å². The second kappa shape index (κ2) is 20.7. The van der Waals surface area contributed by atoms with E-state index in [2.05, 4.69) is 0 Å². The molecule has 3 aromatic rings. The molecule has 1 aromatic heterocycles. The maximum Gasteiger partial charge on any atom is 0.303 e. The van der Waals surface area contributed by atoms with Gasteiger partial charge in [-0.15, -0.1) is 0 Å². The van der Waals surface area contributed by atoms with Crippen LogP contribution in [0.2, 0.25) is 0 Å². The molecule has 358 valence electrons. The quantitative estimate of drug-likeness (QED) is 0.0694. The van der Waals surface area contributed by atoms with E-state index in [4.69, 9.17) is 47.0 Å². The van der Waals surface area contributed by atoms with Crippen LogP contribution in [-0.4, -0.2) is 170 Å². The van der Waals surface area contributed by atoms with Gasteiger partial charge in [0.05, 0.1) is 19.8 Å². The van der Waals surface area contributed by atoms with E-state index in [1.54, 1.807) is 32.1 Å². The van der Waals surface area contributed by atoms with E-state index in [0.717, 1.165) is 25.5 Å². The first kappa shape index (κ1) is 49.5. The molecule has 22 heteroatoms. The summed E-state index contributed by atoms with van der Waals surface area (Å²) in [6.45, 7) is 5.84.